The number of carbonyl (C=O) groups excluding carboxylic acids is 1. The Morgan fingerprint density at radius 1 is 1.12 bits per heavy atom. The van der Waals surface area contributed by atoms with Gasteiger partial charge in [-0.25, -0.2) is 13.2 Å². The minimum atomic E-state index is -3.54. The van der Waals surface area contributed by atoms with Crippen LogP contribution in [0.2, 0.25) is 0 Å². The van der Waals surface area contributed by atoms with Crippen molar-refractivity contribution in [2.24, 2.45) is 0 Å². The summed E-state index contributed by atoms with van der Waals surface area (Å²) in [6.07, 6.45) is -0.148. The Morgan fingerprint density at radius 3 is 2.12 bits per heavy atom. The van der Waals surface area contributed by atoms with Crippen LogP contribution in [-0.4, -0.2) is 61.4 Å². The lowest BCUT2D eigenvalue weighted by atomic mass is 10.3. The predicted molar refractivity (Wildman–Crippen MR) is 90.5 cm³/mol. The molecule has 0 spiro atoms. The highest BCUT2D eigenvalue weighted by molar-refractivity contribution is 7.89. The van der Waals surface area contributed by atoms with Gasteiger partial charge in [-0.1, -0.05) is 13.8 Å². The van der Waals surface area contributed by atoms with Gasteiger partial charge in [-0.15, -0.1) is 0 Å². The minimum absolute atomic E-state index is 0.0790. The zero-order chi connectivity index (χ0) is 18.3. The standard InChI is InChI=1S/C15H23N3O5S/c1-4-18(5-2)24(22,23)13-8-6-12(7-9-13)16-15(21)17(3)11-10-14(19)20/h6-9H,4-5,10-11H2,1-3H3,(H,16,21)(H,19,20). The third kappa shape index (κ3) is 5.20. The van der Waals surface area contributed by atoms with Crippen LogP contribution in [0, 0.1) is 0 Å². The number of carbonyl (C=O) groups is 2. The molecule has 9 heteroatoms. The Hall–Kier alpha value is -2.13. The first-order valence-corrected chi connectivity index (χ1v) is 9.00. The van der Waals surface area contributed by atoms with E-state index in [0.717, 1.165) is 0 Å². The summed E-state index contributed by atoms with van der Waals surface area (Å²) >= 11 is 0. The Balaban J connectivity index is 2.78. The smallest absolute Gasteiger partial charge is 0.321 e. The quantitative estimate of drug-likeness (QED) is 0.736. The molecule has 1 aromatic carbocycles. The molecule has 0 heterocycles. The molecule has 0 aliphatic rings. The monoisotopic (exact) mass is 357 g/mol. The fraction of sp³-hybridized carbons (Fsp3) is 0.467. The zero-order valence-electron chi connectivity index (χ0n) is 14.0. The molecule has 1 rings (SSSR count). The summed E-state index contributed by atoms with van der Waals surface area (Å²) in [6.45, 7) is 4.37. The van der Waals surface area contributed by atoms with Crippen LogP contribution >= 0.6 is 0 Å². The molecular formula is C15H23N3O5S. The van der Waals surface area contributed by atoms with Crippen LogP contribution < -0.4 is 5.32 Å². The first-order chi connectivity index (χ1) is 11.2. The molecule has 1 aromatic rings. The molecule has 2 amide bonds. The highest BCUT2D eigenvalue weighted by Crippen LogP contribution is 2.18. The Kier molecular flexibility index (Phi) is 7.18. The summed E-state index contributed by atoms with van der Waals surface area (Å²) in [5.41, 5.74) is 0.431. The van der Waals surface area contributed by atoms with E-state index in [1.54, 1.807) is 13.8 Å². The summed E-state index contributed by atoms with van der Waals surface area (Å²) in [5, 5.41) is 11.2. The molecule has 8 nitrogen and oxygen atoms in total. The molecule has 0 unspecified atom stereocenters. The van der Waals surface area contributed by atoms with E-state index in [2.05, 4.69) is 5.32 Å². The summed E-state index contributed by atoms with van der Waals surface area (Å²) in [4.78, 5) is 23.8. The number of anilines is 1. The number of amides is 2. The molecule has 0 aromatic heterocycles. The van der Waals surface area contributed by atoms with Crippen molar-refractivity contribution in [1.82, 2.24) is 9.21 Å². The van der Waals surface area contributed by atoms with Gasteiger partial charge in [0.1, 0.15) is 0 Å². The van der Waals surface area contributed by atoms with Gasteiger partial charge in [0.2, 0.25) is 10.0 Å². The molecule has 0 aliphatic heterocycles. The lowest BCUT2D eigenvalue weighted by Crippen LogP contribution is -2.33. The van der Waals surface area contributed by atoms with E-state index in [-0.39, 0.29) is 17.9 Å². The summed E-state index contributed by atoms with van der Waals surface area (Å²) < 4.78 is 26.1. The second-order valence-corrected chi connectivity index (χ2v) is 7.05. The number of hydrogen-bond acceptors (Lipinski definition) is 4. The summed E-state index contributed by atoms with van der Waals surface area (Å²) in [7, 11) is -2.05. The molecule has 24 heavy (non-hydrogen) atoms. The molecule has 0 radical (unpaired) electrons. The average Bonchev–Trinajstić information content (AvgIpc) is 2.53. The highest BCUT2D eigenvalue weighted by Gasteiger charge is 2.21. The number of aliphatic carboxylic acids is 1. The van der Waals surface area contributed by atoms with Crippen LogP contribution in [0.3, 0.4) is 0 Å². The van der Waals surface area contributed by atoms with Gasteiger partial charge in [0.25, 0.3) is 0 Å². The third-order valence-corrected chi connectivity index (χ3v) is 5.52. The molecule has 134 valence electrons. The number of carboxylic acids is 1. The number of nitrogens with one attached hydrogen (secondary N) is 1. The Bertz CT molecular complexity index is 669. The average molecular weight is 357 g/mol. The number of carboxylic acid groups (broad SMARTS) is 1. The van der Waals surface area contributed by atoms with Crippen LogP contribution in [0.5, 0.6) is 0 Å². The van der Waals surface area contributed by atoms with Crippen molar-refractivity contribution in [2.45, 2.75) is 25.2 Å². The van der Waals surface area contributed by atoms with Crippen LogP contribution in [0.4, 0.5) is 10.5 Å². The maximum atomic E-state index is 12.4. The van der Waals surface area contributed by atoms with Gasteiger partial charge in [-0.05, 0) is 24.3 Å². The molecule has 0 fully saturated rings. The fourth-order valence-electron chi connectivity index (χ4n) is 2.01. The van der Waals surface area contributed by atoms with E-state index in [0.29, 0.717) is 18.8 Å². The van der Waals surface area contributed by atoms with E-state index < -0.39 is 22.0 Å². The van der Waals surface area contributed by atoms with Crippen molar-refractivity contribution in [2.75, 3.05) is 32.0 Å². The van der Waals surface area contributed by atoms with E-state index >= 15 is 0 Å². The topological polar surface area (TPSA) is 107 Å². The van der Waals surface area contributed by atoms with Gasteiger partial charge in [-0.2, -0.15) is 4.31 Å². The van der Waals surface area contributed by atoms with E-state index in [1.807, 2.05) is 0 Å². The van der Waals surface area contributed by atoms with E-state index in [9.17, 15) is 18.0 Å². The number of hydrogen-bond donors (Lipinski definition) is 2. The van der Waals surface area contributed by atoms with Crippen molar-refractivity contribution < 1.29 is 23.1 Å². The van der Waals surface area contributed by atoms with Gasteiger partial charge in [0.15, 0.2) is 0 Å². The number of nitrogens with zero attached hydrogens (tertiary/aromatic N) is 2. The van der Waals surface area contributed by atoms with Gasteiger partial charge < -0.3 is 15.3 Å². The second-order valence-electron chi connectivity index (χ2n) is 5.11. The number of benzene rings is 1. The lowest BCUT2D eigenvalue weighted by molar-refractivity contribution is -0.137. The molecule has 0 saturated heterocycles. The lowest BCUT2D eigenvalue weighted by Gasteiger charge is -2.19. The van der Waals surface area contributed by atoms with Gasteiger partial charge >= 0.3 is 12.0 Å². The van der Waals surface area contributed by atoms with Crippen molar-refractivity contribution in [3.8, 4) is 0 Å². The van der Waals surface area contributed by atoms with Crippen LogP contribution in [0.1, 0.15) is 20.3 Å². The maximum absolute atomic E-state index is 12.4. The molecular weight excluding hydrogens is 334 g/mol. The van der Waals surface area contributed by atoms with E-state index in [4.69, 9.17) is 5.11 Å². The summed E-state index contributed by atoms with van der Waals surface area (Å²) in [5.74, 6) is -0.986. The molecule has 0 aliphatic carbocycles. The molecule has 2 N–H and O–H groups in total. The molecule has 0 atom stereocenters. The van der Waals surface area contributed by atoms with Crippen LogP contribution in [0.15, 0.2) is 29.2 Å². The van der Waals surface area contributed by atoms with Crippen LogP contribution in [0.25, 0.3) is 0 Å². The van der Waals surface area contributed by atoms with Gasteiger partial charge in [0, 0.05) is 32.4 Å². The minimum Gasteiger partial charge on any atom is -0.481 e. The maximum Gasteiger partial charge on any atom is 0.321 e. The van der Waals surface area contributed by atoms with E-state index in [1.165, 1.54) is 40.5 Å². The third-order valence-electron chi connectivity index (χ3n) is 3.46. The largest absolute Gasteiger partial charge is 0.481 e. The SMILES string of the molecule is CCN(CC)S(=O)(=O)c1ccc(NC(=O)N(C)CCC(=O)O)cc1. The van der Waals surface area contributed by atoms with Gasteiger partial charge in [-0.3, -0.25) is 4.79 Å². The fourth-order valence-corrected chi connectivity index (χ4v) is 3.46. The van der Waals surface area contributed by atoms with Crippen molar-refractivity contribution in [3.05, 3.63) is 24.3 Å². The zero-order valence-corrected chi connectivity index (χ0v) is 14.8. The molecule has 0 saturated carbocycles. The first kappa shape index (κ1) is 19.9. The van der Waals surface area contributed by atoms with Crippen molar-refractivity contribution in [1.29, 1.82) is 0 Å². The Labute approximate surface area is 142 Å². The van der Waals surface area contributed by atoms with Crippen molar-refractivity contribution in [3.63, 3.8) is 0 Å². The molecule has 0 bridgehead atoms. The Morgan fingerprint density at radius 2 is 1.67 bits per heavy atom. The van der Waals surface area contributed by atoms with Gasteiger partial charge in [0.05, 0.1) is 11.3 Å². The first-order valence-electron chi connectivity index (χ1n) is 7.56. The highest BCUT2D eigenvalue weighted by atomic mass is 32.2. The number of urea groups is 1. The predicted octanol–water partition coefficient (Wildman–Crippen LogP) is 1.66. The van der Waals surface area contributed by atoms with Crippen molar-refractivity contribution >= 4 is 27.7 Å². The number of rotatable bonds is 8. The number of sulfonamides is 1. The van der Waals surface area contributed by atoms with Crippen LogP contribution in [-0.2, 0) is 14.8 Å². The normalized spacial score (nSPS) is 11.3. The second kappa shape index (κ2) is 8.65. The summed E-state index contributed by atoms with van der Waals surface area (Å²) in [6, 6.07) is 5.40.